The van der Waals surface area contributed by atoms with E-state index in [0.717, 1.165) is 25.8 Å². The fraction of sp³-hybridized carbons (Fsp3) is 0.600. The minimum absolute atomic E-state index is 0.120. The summed E-state index contributed by atoms with van der Waals surface area (Å²) in [5.74, 6) is 0. The van der Waals surface area contributed by atoms with Gasteiger partial charge in [-0.3, -0.25) is 0 Å². The van der Waals surface area contributed by atoms with E-state index in [4.69, 9.17) is 4.74 Å². The number of benzene rings is 1. The largest absolute Gasteiger partial charge is 0.393 e. The van der Waals surface area contributed by atoms with Crippen LogP contribution in [0.25, 0.3) is 0 Å². The average Bonchev–Trinajstić information content (AvgIpc) is 2.38. The molecule has 1 aromatic carbocycles. The van der Waals surface area contributed by atoms with Crippen LogP contribution < -0.4 is 5.32 Å². The van der Waals surface area contributed by atoms with Gasteiger partial charge in [-0.05, 0) is 36.8 Å². The van der Waals surface area contributed by atoms with Gasteiger partial charge in [-0.2, -0.15) is 0 Å². The van der Waals surface area contributed by atoms with Crippen LogP contribution in [0.15, 0.2) is 24.3 Å². The lowest BCUT2D eigenvalue weighted by Crippen LogP contribution is -2.35. The van der Waals surface area contributed by atoms with Crippen LogP contribution in [0.4, 0.5) is 0 Å². The molecule has 1 fully saturated rings. The Morgan fingerprint density at radius 3 is 2.78 bits per heavy atom. The van der Waals surface area contributed by atoms with Crippen LogP contribution in [0, 0.1) is 0 Å². The van der Waals surface area contributed by atoms with E-state index in [2.05, 4.69) is 23.5 Å². The molecule has 1 saturated carbocycles. The Morgan fingerprint density at radius 1 is 1.28 bits per heavy atom. The molecule has 3 heteroatoms. The highest BCUT2D eigenvalue weighted by atomic mass is 16.5. The molecule has 18 heavy (non-hydrogen) atoms. The number of aliphatic hydroxyl groups is 1. The van der Waals surface area contributed by atoms with Gasteiger partial charge in [0, 0.05) is 19.7 Å². The summed E-state index contributed by atoms with van der Waals surface area (Å²) in [6.07, 6.45) is 4.01. The quantitative estimate of drug-likeness (QED) is 0.841. The molecule has 0 spiro atoms. The van der Waals surface area contributed by atoms with Gasteiger partial charge in [0.05, 0.1) is 12.7 Å². The normalized spacial score (nSPS) is 24.1. The third kappa shape index (κ3) is 3.80. The van der Waals surface area contributed by atoms with Crippen molar-refractivity contribution in [3.05, 3.63) is 35.4 Å². The number of aliphatic hydroxyl groups excluding tert-OH is 1. The lowest BCUT2D eigenvalue weighted by atomic mass is 9.93. The standard InChI is InChI=1S/C15H23NO2/c1-18-11-13-6-3-2-5-12(13)10-16-14-7-4-8-15(17)9-14/h2-3,5-6,14-17H,4,7-11H2,1H3. The van der Waals surface area contributed by atoms with Crippen LogP contribution in [-0.4, -0.2) is 24.4 Å². The molecule has 0 saturated heterocycles. The second kappa shape index (κ2) is 6.88. The second-order valence-corrected chi connectivity index (χ2v) is 5.10. The summed E-state index contributed by atoms with van der Waals surface area (Å²) < 4.78 is 5.21. The number of nitrogens with one attached hydrogen (secondary N) is 1. The van der Waals surface area contributed by atoms with Crippen molar-refractivity contribution in [3.63, 3.8) is 0 Å². The first-order chi connectivity index (χ1) is 8.79. The van der Waals surface area contributed by atoms with E-state index in [1.54, 1.807) is 7.11 Å². The molecule has 0 radical (unpaired) electrons. The van der Waals surface area contributed by atoms with Gasteiger partial charge >= 0.3 is 0 Å². The average molecular weight is 249 g/mol. The van der Waals surface area contributed by atoms with Crippen molar-refractivity contribution in [1.82, 2.24) is 5.32 Å². The number of methoxy groups -OCH3 is 1. The van der Waals surface area contributed by atoms with E-state index in [0.29, 0.717) is 12.6 Å². The van der Waals surface area contributed by atoms with Crippen molar-refractivity contribution in [2.45, 2.75) is 51.0 Å². The third-order valence-electron chi connectivity index (χ3n) is 3.65. The van der Waals surface area contributed by atoms with Crippen LogP contribution in [0.2, 0.25) is 0 Å². The first kappa shape index (κ1) is 13.5. The zero-order valence-electron chi connectivity index (χ0n) is 11.1. The molecule has 100 valence electrons. The molecule has 1 aromatic rings. The first-order valence-corrected chi connectivity index (χ1v) is 6.76. The van der Waals surface area contributed by atoms with E-state index in [9.17, 15) is 5.11 Å². The molecule has 3 nitrogen and oxygen atoms in total. The lowest BCUT2D eigenvalue weighted by molar-refractivity contribution is 0.111. The molecule has 2 N–H and O–H groups in total. The molecule has 1 aliphatic rings. The molecule has 2 unspecified atom stereocenters. The van der Waals surface area contributed by atoms with E-state index in [1.807, 2.05) is 6.07 Å². The van der Waals surface area contributed by atoms with Crippen molar-refractivity contribution in [2.75, 3.05) is 7.11 Å². The molecule has 0 heterocycles. The van der Waals surface area contributed by atoms with Crippen LogP contribution in [-0.2, 0) is 17.9 Å². The Kier molecular flexibility index (Phi) is 5.17. The van der Waals surface area contributed by atoms with E-state index >= 15 is 0 Å². The van der Waals surface area contributed by atoms with Gasteiger partial charge in [0.15, 0.2) is 0 Å². The number of ether oxygens (including phenoxy) is 1. The van der Waals surface area contributed by atoms with Crippen LogP contribution in [0.5, 0.6) is 0 Å². The molecule has 0 bridgehead atoms. The molecular weight excluding hydrogens is 226 g/mol. The maximum absolute atomic E-state index is 9.66. The highest BCUT2D eigenvalue weighted by Gasteiger charge is 2.19. The summed E-state index contributed by atoms with van der Waals surface area (Å²) in [6, 6.07) is 8.80. The topological polar surface area (TPSA) is 41.5 Å². The highest BCUT2D eigenvalue weighted by Crippen LogP contribution is 2.19. The van der Waals surface area contributed by atoms with Gasteiger partial charge < -0.3 is 15.2 Å². The fourth-order valence-corrected chi connectivity index (χ4v) is 2.63. The number of rotatable bonds is 5. The summed E-state index contributed by atoms with van der Waals surface area (Å²) in [4.78, 5) is 0. The summed E-state index contributed by atoms with van der Waals surface area (Å²) >= 11 is 0. The van der Waals surface area contributed by atoms with E-state index in [-0.39, 0.29) is 6.10 Å². The zero-order chi connectivity index (χ0) is 12.8. The van der Waals surface area contributed by atoms with Crippen molar-refractivity contribution in [3.8, 4) is 0 Å². The van der Waals surface area contributed by atoms with Gasteiger partial charge in [0.2, 0.25) is 0 Å². The predicted octanol–water partition coefficient (Wildman–Crippen LogP) is 2.23. The highest BCUT2D eigenvalue weighted by molar-refractivity contribution is 5.26. The smallest absolute Gasteiger partial charge is 0.0716 e. The molecule has 0 aromatic heterocycles. The van der Waals surface area contributed by atoms with Gasteiger partial charge in [-0.1, -0.05) is 24.3 Å². The Labute approximate surface area is 109 Å². The molecule has 1 aliphatic carbocycles. The Bertz CT molecular complexity index is 367. The summed E-state index contributed by atoms with van der Waals surface area (Å²) in [5, 5.41) is 13.2. The van der Waals surface area contributed by atoms with Crippen LogP contribution in [0.3, 0.4) is 0 Å². The Morgan fingerprint density at radius 2 is 2.06 bits per heavy atom. The van der Waals surface area contributed by atoms with E-state index < -0.39 is 0 Å². The van der Waals surface area contributed by atoms with Crippen LogP contribution in [0.1, 0.15) is 36.8 Å². The van der Waals surface area contributed by atoms with Crippen molar-refractivity contribution in [2.24, 2.45) is 0 Å². The third-order valence-corrected chi connectivity index (χ3v) is 3.65. The minimum atomic E-state index is -0.120. The fourth-order valence-electron chi connectivity index (χ4n) is 2.63. The molecule has 2 rings (SSSR count). The summed E-state index contributed by atoms with van der Waals surface area (Å²) in [5.41, 5.74) is 2.53. The minimum Gasteiger partial charge on any atom is -0.393 e. The van der Waals surface area contributed by atoms with Gasteiger partial charge in [-0.15, -0.1) is 0 Å². The maximum atomic E-state index is 9.66. The van der Waals surface area contributed by atoms with Gasteiger partial charge in [0.1, 0.15) is 0 Å². The van der Waals surface area contributed by atoms with Crippen LogP contribution >= 0.6 is 0 Å². The Balaban J connectivity index is 1.89. The monoisotopic (exact) mass is 249 g/mol. The summed E-state index contributed by atoms with van der Waals surface area (Å²) in [6.45, 7) is 1.52. The predicted molar refractivity (Wildman–Crippen MR) is 72.3 cm³/mol. The second-order valence-electron chi connectivity index (χ2n) is 5.10. The van der Waals surface area contributed by atoms with Gasteiger partial charge in [0.25, 0.3) is 0 Å². The number of hydrogen-bond acceptors (Lipinski definition) is 3. The van der Waals surface area contributed by atoms with Gasteiger partial charge in [-0.25, -0.2) is 0 Å². The van der Waals surface area contributed by atoms with Crippen molar-refractivity contribution >= 4 is 0 Å². The maximum Gasteiger partial charge on any atom is 0.0716 e. The lowest BCUT2D eigenvalue weighted by Gasteiger charge is -2.27. The zero-order valence-corrected chi connectivity index (χ0v) is 11.1. The first-order valence-electron chi connectivity index (χ1n) is 6.76. The molecule has 2 atom stereocenters. The SMILES string of the molecule is COCc1ccccc1CNC1CCCC(O)C1. The molecule has 0 amide bonds. The van der Waals surface area contributed by atoms with E-state index in [1.165, 1.54) is 17.5 Å². The Hall–Kier alpha value is -0.900. The molecule has 0 aliphatic heterocycles. The molecular formula is C15H23NO2. The van der Waals surface area contributed by atoms with Crippen molar-refractivity contribution < 1.29 is 9.84 Å². The summed E-state index contributed by atoms with van der Waals surface area (Å²) in [7, 11) is 1.72. The number of hydrogen-bond donors (Lipinski definition) is 2. The van der Waals surface area contributed by atoms with Crippen molar-refractivity contribution in [1.29, 1.82) is 0 Å².